The van der Waals surface area contributed by atoms with Crippen LogP contribution >= 0.6 is 0 Å². The van der Waals surface area contributed by atoms with Gasteiger partial charge in [-0.05, 0) is 36.2 Å². The number of nitrogens with zero attached hydrogens (tertiary/aromatic N) is 1. The van der Waals surface area contributed by atoms with Gasteiger partial charge in [0.25, 0.3) is 5.91 Å². The van der Waals surface area contributed by atoms with Crippen LogP contribution in [0.15, 0.2) is 57.7 Å². The van der Waals surface area contributed by atoms with Crippen LogP contribution < -0.4 is 10.2 Å². The average Bonchev–Trinajstić information content (AvgIpc) is 3.01. The molecular formula is C22H21NO5. The lowest BCUT2D eigenvalue weighted by atomic mass is 9.98. The lowest BCUT2D eigenvalue weighted by Crippen LogP contribution is -2.31. The van der Waals surface area contributed by atoms with Crippen molar-refractivity contribution in [1.82, 2.24) is 4.90 Å². The van der Waals surface area contributed by atoms with Crippen molar-refractivity contribution in [3.05, 3.63) is 75.6 Å². The minimum Gasteiger partial charge on any atom is -0.497 e. The molecule has 0 spiro atoms. The number of rotatable bonds is 6. The number of carbonyl (C=O) groups excluding carboxylic acids is 1. The minimum atomic E-state index is -0.494. The van der Waals surface area contributed by atoms with Gasteiger partial charge in [-0.15, -0.1) is 0 Å². The van der Waals surface area contributed by atoms with E-state index in [2.05, 4.69) is 0 Å². The molecule has 28 heavy (non-hydrogen) atoms. The molecule has 0 saturated carbocycles. The molecule has 1 amide bonds. The van der Waals surface area contributed by atoms with Crippen LogP contribution in [-0.4, -0.2) is 38.2 Å². The summed E-state index contributed by atoms with van der Waals surface area (Å²) in [4.78, 5) is 28.1. The van der Waals surface area contributed by atoms with Gasteiger partial charge >= 0.3 is 0 Å². The Kier molecular flexibility index (Phi) is 4.88. The largest absolute Gasteiger partial charge is 0.497 e. The summed E-state index contributed by atoms with van der Waals surface area (Å²) in [6.07, 6.45) is 0.663. The van der Waals surface area contributed by atoms with E-state index in [0.717, 1.165) is 5.56 Å². The van der Waals surface area contributed by atoms with Crippen LogP contribution in [-0.2, 0) is 4.74 Å². The van der Waals surface area contributed by atoms with Crippen molar-refractivity contribution in [3.63, 3.8) is 0 Å². The average molecular weight is 379 g/mol. The van der Waals surface area contributed by atoms with E-state index in [-0.39, 0.29) is 17.1 Å². The standard InChI is InChI=1S/C22H21NO5/c1-26-13-5-12-23-19(14-8-10-15(27-2)11-9-14)18-20(24)16-6-3-4-7-17(16)28-21(18)22(23)25/h3-4,6-11,19H,5,12-13H2,1-2H3/t19-/m1/s1. The first-order valence-corrected chi connectivity index (χ1v) is 9.15. The summed E-state index contributed by atoms with van der Waals surface area (Å²) in [5.41, 5.74) is 1.49. The van der Waals surface area contributed by atoms with E-state index >= 15 is 0 Å². The fraction of sp³-hybridized carbons (Fsp3) is 0.273. The number of amides is 1. The second-order valence-electron chi connectivity index (χ2n) is 6.69. The molecule has 0 bridgehead atoms. The molecule has 0 saturated heterocycles. The van der Waals surface area contributed by atoms with Gasteiger partial charge in [-0.2, -0.15) is 0 Å². The van der Waals surface area contributed by atoms with Gasteiger partial charge in [0.1, 0.15) is 11.3 Å². The molecule has 1 atom stereocenters. The number of hydrogen-bond donors (Lipinski definition) is 0. The molecule has 2 aromatic carbocycles. The monoisotopic (exact) mass is 379 g/mol. The lowest BCUT2D eigenvalue weighted by Gasteiger charge is -2.25. The van der Waals surface area contributed by atoms with Crippen LogP contribution in [0.4, 0.5) is 0 Å². The van der Waals surface area contributed by atoms with E-state index < -0.39 is 6.04 Å². The maximum absolute atomic E-state index is 13.3. The Morgan fingerprint density at radius 2 is 1.79 bits per heavy atom. The fourth-order valence-corrected chi connectivity index (χ4v) is 3.71. The third-order valence-corrected chi connectivity index (χ3v) is 5.05. The molecule has 6 heteroatoms. The number of ether oxygens (including phenoxy) is 2. The summed E-state index contributed by atoms with van der Waals surface area (Å²) >= 11 is 0. The van der Waals surface area contributed by atoms with Crippen molar-refractivity contribution in [2.75, 3.05) is 27.4 Å². The second kappa shape index (κ2) is 7.48. The van der Waals surface area contributed by atoms with Crippen molar-refractivity contribution >= 4 is 16.9 Å². The molecule has 0 radical (unpaired) electrons. The van der Waals surface area contributed by atoms with E-state index in [1.54, 1.807) is 43.4 Å². The predicted molar refractivity (Wildman–Crippen MR) is 105 cm³/mol. The number of methoxy groups -OCH3 is 2. The zero-order valence-corrected chi connectivity index (χ0v) is 15.8. The topological polar surface area (TPSA) is 69.0 Å². The Morgan fingerprint density at radius 3 is 2.50 bits per heavy atom. The second-order valence-corrected chi connectivity index (χ2v) is 6.69. The highest BCUT2D eigenvalue weighted by atomic mass is 16.5. The van der Waals surface area contributed by atoms with Gasteiger partial charge in [0, 0.05) is 20.3 Å². The van der Waals surface area contributed by atoms with E-state index in [1.165, 1.54) is 0 Å². The minimum absolute atomic E-state index is 0.127. The van der Waals surface area contributed by atoms with E-state index in [4.69, 9.17) is 13.9 Å². The first-order valence-electron chi connectivity index (χ1n) is 9.15. The first kappa shape index (κ1) is 18.3. The number of carbonyl (C=O) groups is 1. The van der Waals surface area contributed by atoms with Crippen molar-refractivity contribution in [2.45, 2.75) is 12.5 Å². The zero-order chi connectivity index (χ0) is 19.7. The van der Waals surface area contributed by atoms with Crippen LogP contribution in [0.25, 0.3) is 11.0 Å². The maximum atomic E-state index is 13.3. The molecule has 2 heterocycles. The third-order valence-electron chi connectivity index (χ3n) is 5.05. The molecule has 3 aromatic rings. The van der Waals surface area contributed by atoms with Gasteiger partial charge in [0.05, 0.1) is 24.1 Å². The van der Waals surface area contributed by atoms with Crippen molar-refractivity contribution < 1.29 is 18.7 Å². The van der Waals surface area contributed by atoms with E-state index in [9.17, 15) is 9.59 Å². The van der Waals surface area contributed by atoms with Gasteiger partial charge < -0.3 is 18.8 Å². The van der Waals surface area contributed by atoms with Gasteiger partial charge in [-0.3, -0.25) is 9.59 Å². The van der Waals surface area contributed by atoms with Crippen molar-refractivity contribution in [1.29, 1.82) is 0 Å². The van der Waals surface area contributed by atoms with Crippen molar-refractivity contribution in [2.24, 2.45) is 0 Å². The highest BCUT2D eigenvalue weighted by Crippen LogP contribution is 2.38. The van der Waals surface area contributed by atoms with Crippen LogP contribution in [0.1, 0.15) is 34.1 Å². The Hall–Kier alpha value is -3.12. The number of fused-ring (bicyclic) bond motifs is 2. The number of benzene rings is 2. The zero-order valence-electron chi connectivity index (χ0n) is 15.8. The Labute approximate surface area is 162 Å². The third kappa shape index (κ3) is 2.96. The van der Waals surface area contributed by atoms with Gasteiger partial charge in [-0.1, -0.05) is 24.3 Å². The van der Waals surface area contributed by atoms with E-state index in [1.807, 2.05) is 24.3 Å². The molecule has 0 N–H and O–H groups in total. The van der Waals surface area contributed by atoms with E-state index in [0.29, 0.717) is 41.9 Å². The molecule has 6 nitrogen and oxygen atoms in total. The van der Waals surface area contributed by atoms with Crippen LogP contribution in [0.2, 0.25) is 0 Å². The molecule has 144 valence electrons. The Balaban J connectivity index is 1.88. The smallest absolute Gasteiger partial charge is 0.290 e. The van der Waals surface area contributed by atoms with Crippen LogP contribution in [0, 0.1) is 0 Å². The molecule has 1 aliphatic heterocycles. The summed E-state index contributed by atoms with van der Waals surface area (Å²) < 4.78 is 16.2. The molecule has 0 unspecified atom stereocenters. The lowest BCUT2D eigenvalue weighted by molar-refractivity contribution is 0.0708. The molecule has 1 aromatic heterocycles. The number of hydrogen-bond acceptors (Lipinski definition) is 5. The summed E-state index contributed by atoms with van der Waals surface area (Å²) in [5.74, 6) is 0.571. The van der Waals surface area contributed by atoms with Gasteiger partial charge in [0.15, 0.2) is 5.43 Å². The SMILES string of the molecule is COCCCN1C(=O)c2oc3ccccc3c(=O)c2[C@H]1c1ccc(OC)cc1. The first-order chi connectivity index (χ1) is 13.7. The van der Waals surface area contributed by atoms with Crippen LogP contribution in [0.5, 0.6) is 5.75 Å². The predicted octanol–water partition coefficient (Wildman–Crippen LogP) is 3.38. The summed E-state index contributed by atoms with van der Waals surface area (Å²) in [6.45, 7) is 0.988. The fourth-order valence-electron chi connectivity index (χ4n) is 3.71. The normalized spacial score (nSPS) is 15.9. The van der Waals surface area contributed by atoms with Crippen molar-refractivity contribution in [3.8, 4) is 5.75 Å². The van der Waals surface area contributed by atoms with Gasteiger partial charge in [0.2, 0.25) is 5.76 Å². The maximum Gasteiger partial charge on any atom is 0.290 e. The highest BCUT2D eigenvalue weighted by Gasteiger charge is 2.42. The molecule has 4 rings (SSSR count). The Bertz CT molecular complexity index is 1070. The highest BCUT2D eigenvalue weighted by molar-refractivity contribution is 5.99. The summed E-state index contributed by atoms with van der Waals surface area (Å²) in [7, 11) is 3.22. The summed E-state index contributed by atoms with van der Waals surface area (Å²) in [5, 5.41) is 0.478. The number of para-hydroxylation sites is 1. The molecule has 0 aliphatic carbocycles. The quantitative estimate of drug-likeness (QED) is 0.614. The Morgan fingerprint density at radius 1 is 1.04 bits per heavy atom. The molecular weight excluding hydrogens is 358 g/mol. The molecule has 1 aliphatic rings. The molecule has 0 fully saturated rings. The van der Waals surface area contributed by atoms with Gasteiger partial charge in [-0.25, -0.2) is 0 Å². The summed E-state index contributed by atoms with van der Waals surface area (Å²) in [6, 6.07) is 13.9. The van der Waals surface area contributed by atoms with Crippen LogP contribution in [0.3, 0.4) is 0 Å².